The Morgan fingerprint density at radius 3 is 1.75 bits per heavy atom. The quantitative estimate of drug-likeness (QED) is 0.0470. The van der Waals surface area contributed by atoms with Gasteiger partial charge >= 0.3 is 5.97 Å². The number of rotatable bonds is 17. The topological polar surface area (TPSA) is 386 Å². The number of carbonyl (C=O) groups is 2. The number of phenols is 1. The number of phenolic OH excluding ortho intramolecular Hbond substituents is 1. The van der Waals surface area contributed by atoms with Crippen LogP contribution in [0.15, 0.2) is 129 Å². The zero-order valence-electron chi connectivity index (χ0n) is 32.9. The van der Waals surface area contributed by atoms with E-state index in [1.165, 1.54) is 30.3 Å². The van der Waals surface area contributed by atoms with E-state index in [-0.39, 0.29) is 63.9 Å². The molecule has 65 heavy (non-hydrogen) atoms. The van der Waals surface area contributed by atoms with E-state index < -0.39 is 93.3 Å². The minimum absolute atomic E-state index is 0.0967. The van der Waals surface area contributed by atoms with Gasteiger partial charge in [0.05, 0.1) is 23.8 Å². The summed E-state index contributed by atoms with van der Waals surface area (Å²) < 4.78 is 113. The van der Waals surface area contributed by atoms with Crippen molar-refractivity contribution in [2.45, 2.75) is 27.7 Å². The molecule has 1 aliphatic rings. The maximum atomic E-state index is 13.3. The fourth-order valence-electron chi connectivity index (χ4n) is 5.91. The number of fused-ring (bicyclic) bond motifs is 1. The van der Waals surface area contributed by atoms with Crippen LogP contribution < -0.4 is 14.5 Å². The molecule has 7 N–H and O–H groups in total. The van der Waals surface area contributed by atoms with E-state index in [9.17, 15) is 68.9 Å². The lowest BCUT2D eigenvalue weighted by Crippen LogP contribution is -2.33. The Labute approximate surface area is 366 Å². The van der Waals surface area contributed by atoms with Crippen molar-refractivity contribution in [2.24, 2.45) is 35.8 Å². The molecule has 0 aromatic heterocycles. The molecule has 28 heteroatoms. The van der Waals surface area contributed by atoms with Crippen molar-refractivity contribution < 1.29 is 78.4 Å². The molecule has 0 aliphatic carbocycles. The minimum Gasteiger partial charge on any atom is -0.505 e. The summed E-state index contributed by atoms with van der Waals surface area (Å²) in [6, 6.07) is 12.7. The number of aliphatic hydroxyl groups is 2. The number of hydrogen-bond donors (Lipinski definition) is 7. The summed E-state index contributed by atoms with van der Waals surface area (Å²) >= 11 is 0. The second-order valence-electron chi connectivity index (χ2n) is 13.2. The van der Waals surface area contributed by atoms with Crippen LogP contribution in [0.25, 0.3) is 10.8 Å². The summed E-state index contributed by atoms with van der Waals surface area (Å²) in [5.74, 6) is -3.73. The smallest absolute Gasteiger partial charge is 0.355 e. The van der Waals surface area contributed by atoms with E-state index in [1.807, 2.05) is 0 Å². The van der Waals surface area contributed by atoms with E-state index in [4.69, 9.17) is 9.47 Å². The van der Waals surface area contributed by atoms with E-state index >= 15 is 0 Å². The highest BCUT2D eigenvalue weighted by Crippen LogP contribution is 2.45. The van der Waals surface area contributed by atoms with Gasteiger partial charge in [0.2, 0.25) is 6.04 Å². The Bertz CT molecular complexity index is 3200. The Morgan fingerprint density at radius 1 is 0.677 bits per heavy atom. The summed E-state index contributed by atoms with van der Waals surface area (Å²) in [5.41, 5.74) is -1.86. The molecule has 5 aromatic carbocycles. The van der Waals surface area contributed by atoms with Gasteiger partial charge in [-0.05, 0) is 67.1 Å². The number of nitrogens with zero attached hydrogens (tertiary/aromatic N) is 8. The second kappa shape index (κ2) is 18.9. The molecule has 5 aromatic rings. The summed E-state index contributed by atoms with van der Waals surface area (Å²) in [6.07, 6.45) is 0. The minimum atomic E-state index is -5.23. The standard InChI is InChI=1S/C37H32N8O17S3/c1-19-2-9-24(31(16-19)64(55,56)57)38-41-27-17-30(62-15-13-47)28(18-29(27)61-14-12-46)42-39-25-10-8-23-22(34(25)48)7-11-26(35(23)65(58,59)60)40-43-32-33(37(50)51)44-45(36(32)49)20-3-5-21(6-4-20)63(52,53)54/h2-11,16-18,32,46-48H,12-15H2,1H3,(H,50,51)(H,52,53,54)(H,55,56,57)(H,58,59,60)/b41-38?,42-39?,43-40+. The SMILES string of the molecule is Cc1ccc(N=Nc2cc(OCCO)c(N=Nc3ccc4c(S(=O)(=O)O)c(/N=N/C5C(=O)N(c6ccc(S(=O)(=O)O)cc6)N=C5C(=O)O)ccc4c3O)cc2OCCO)c(S(=O)(=O)O)c1. The lowest BCUT2D eigenvalue weighted by atomic mass is 10.1. The Morgan fingerprint density at radius 2 is 1.22 bits per heavy atom. The van der Waals surface area contributed by atoms with Gasteiger partial charge in [0, 0.05) is 22.9 Å². The monoisotopic (exact) mass is 956 g/mol. The molecule has 0 fully saturated rings. The third kappa shape index (κ3) is 10.6. The number of hydrazone groups is 1. The predicted molar refractivity (Wildman–Crippen MR) is 223 cm³/mol. The molecule has 1 heterocycles. The highest BCUT2D eigenvalue weighted by atomic mass is 32.2. The largest absolute Gasteiger partial charge is 0.505 e. The first kappa shape index (κ1) is 47.3. The van der Waals surface area contributed by atoms with Crippen molar-refractivity contribution in [2.75, 3.05) is 31.4 Å². The summed E-state index contributed by atoms with van der Waals surface area (Å²) in [5, 5.41) is 67.3. The lowest BCUT2D eigenvalue weighted by Gasteiger charge is -2.13. The van der Waals surface area contributed by atoms with Crippen molar-refractivity contribution in [1.82, 2.24) is 0 Å². The zero-order valence-corrected chi connectivity index (χ0v) is 35.4. The molecule has 340 valence electrons. The van der Waals surface area contributed by atoms with Crippen molar-refractivity contribution in [3.05, 3.63) is 84.4 Å². The number of aliphatic carboxylic acids is 1. The van der Waals surface area contributed by atoms with E-state index in [0.717, 1.165) is 48.5 Å². The molecule has 1 atom stereocenters. The first-order chi connectivity index (χ1) is 30.6. The fourth-order valence-corrected chi connectivity index (χ4v) is 7.92. The number of aromatic hydroxyl groups is 1. The van der Waals surface area contributed by atoms with Crippen LogP contribution in [0.4, 0.5) is 34.1 Å². The number of ether oxygens (including phenoxy) is 2. The maximum Gasteiger partial charge on any atom is 0.355 e. The van der Waals surface area contributed by atoms with Gasteiger partial charge in [-0.3, -0.25) is 18.5 Å². The number of azo groups is 3. The third-order valence-corrected chi connectivity index (χ3v) is 11.5. The van der Waals surface area contributed by atoms with Gasteiger partial charge in [-0.1, -0.05) is 12.1 Å². The van der Waals surface area contributed by atoms with Crippen LogP contribution in [0.1, 0.15) is 5.56 Å². The average Bonchev–Trinajstić information content (AvgIpc) is 3.58. The summed E-state index contributed by atoms with van der Waals surface area (Å²) in [4.78, 5) is 23.3. The zero-order chi connectivity index (χ0) is 47.4. The molecule has 6 rings (SSSR count). The number of aliphatic hydroxyl groups excluding tert-OH is 2. The number of amides is 1. The van der Waals surface area contributed by atoms with Gasteiger partial charge in [-0.15, -0.1) is 20.5 Å². The van der Waals surface area contributed by atoms with Gasteiger partial charge in [-0.2, -0.15) is 45.6 Å². The molecule has 0 bridgehead atoms. The third-order valence-electron chi connectivity index (χ3n) is 8.79. The Balaban J connectivity index is 1.36. The molecular formula is C37H32N8O17S3. The van der Waals surface area contributed by atoms with Gasteiger partial charge < -0.3 is 29.9 Å². The predicted octanol–water partition coefficient (Wildman–Crippen LogP) is 5.11. The molecular weight excluding hydrogens is 925 g/mol. The van der Waals surface area contributed by atoms with E-state index in [0.29, 0.717) is 10.6 Å². The molecule has 0 radical (unpaired) electrons. The normalized spacial score (nSPS) is 14.9. The molecule has 25 nitrogen and oxygen atoms in total. The number of carboxylic acids is 1. The highest BCUT2D eigenvalue weighted by Gasteiger charge is 2.41. The lowest BCUT2D eigenvalue weighted by molar-refractivity contribution is -0.130. The number of anilines is 1. The number of hydrogen-bond acceptors (Lipinski definition) is 20. The fraction of sp³-hybridized carbons (Fsp3) is 0.162. The van der Waals surface area contributed by atoms with Crippen LogP contribution in [-0.2, 0) is 39.9 Å². The Kier molecular flexibility index (Phi) is 13.7. The van der Waals surface area contributed by atoms with Gasteiger partial charge in [0.1, 0.15) is 62.9 Å². The van der Waals surface area contributed by atoms with Crippen LogP contribution in [0.2, 0.25) is 0 Å². The van der Waals surface area contributed by atoms with Gasteiger partial charge in [0.15, 0.2) is 11.5 Å². The Hall–Kier alpha value is -7.18. The molecule has 1 amide bonds. The van der Waals surface area contributed by atoms with E-state index in [1.54, 1.807) is 6.92 Å². The summed E-state index contributed by atoms with van der Waals surface area (Å²) in [6.45, 7) is 0.0893. The molecule has 0 saturated heterocycles. The van der Waals surface area contributed by atoms with Crippen LogP contribution in [0.3, 0.4) is 0 Å². The first-order valence-corrected chi connectivity index (χ1v) is 22.4. The number of carboxylic acid groups (broad SMARTS) is 1. The summed E-state index contributed by atoms with van der Waals surface area (Å²) in [7, 11) is -14.6. The van der Waals surface area contributed by atoms with Crippen LogP contribution in [0, 0.1) is 6.92 Å². The second-order valence-corrected chi connectivity index (χ2v) is 17.4. The first-order valence-electron chi connectivity index (χ1n) is 18.1. The van der Waals surface area contributed by atoms with Crippen molar-refractivity contribution in [1.29, 1.82) is 0 Å². The van der Waals surface area contributed by atoms with Gasteiger partial charge in [-0.25, -0.2) is 4.79 Å². The number of benzene rings is 5. The van der Waals surface area contributed by atoms with Gasteiger partial charge in [0.25, 0.3) is 36.3 Å². The molecule has 1 unspecified atom stereocenters. The van der Waals surface area contributed by atoms with Crippen molar-refractivity contribution in [3.8, 4) is 17.2 Å². The van der Waals surface area contributed by atoms with Crippen LogP contribution in [0.5, 0.6) is 17.2 Å². The average molecular weight is 957 g/mol. The molecule has 0 spiro atoms. The van der Waals surface area contributed by atoms with Crippen LogP contribution >= 0.6 is 0 Å². The highest BCUT2D eigenvalue weighted by molar-refractivity contribution is 7.86. The molecule has 1 aliphatic heterocycles. The maximum absolute atomic E-state index is 13.3. The van der Waals surface area contributed by atoms with E-state index in [2.05, 4.69) is 35.8 Å². The number of carbonyl (C=O) groups excluding carboxylic acids is 1. The van der Waals surface area contributed by atoms with Crippen molar-refractivity contribution in [3.63, 3.8) is 0 Å². The van der Waals surface area contributed by atoms with Crippen LogP contribution in [-0.4, -0.2) is 109 Å². The number of aryl methyl sites for hydroxylation is 1. The van der Waals surface area contributed by atoms with Crippen molar-refractivity contribution >= 4 is 92.8 Å². The molecule has 0 saturated carbocycles.